The number of nitriles is 1. The smallest absolute Gasteiger partial charge is 0.0991 e. The molecule has 0 aliphatic heterocycles. The quantitative estimate of drug-likeness (QED) is 0.459. The van der Waals surface area contributed by atoms with Crippen LogP contribution in [0.5, 0.6) is 0 Å². The lowest BCUT2D eigenvalue weighted by molar-refractivity contribution is 1.47. The van der Waals surface area contributed by atoms with Crippen LogP contribution in [-0.2, 0) is 0 Å². The molecule has 0 fully saturated rings. The molecule has 0 spiro atoms. The molecule has 0 heterocycles. The summed E-state index contributed by atoms with van der Waals surface area (Å²) in [4.78, 5) is 0. The van der Waals surface area contributed by atoms with Crippen molar-refractivity contribution in [2.75, 3.05) is 0 Å². The van der Waals surface area contributed by atoms with Crippen LogP contribution in [0.4, 0.5) is 0 Å². The Balaban J connectivity index is 3.06. The first-order valence-electron chi connectivity index (χ1n) is 3.04. The fourth-order valence-corrected chi connectivity index (χ4v) is 0.724. The van der Waals surface area contributed by atoms with E-state index in [9.17, 15) is 0 Å². The van der Waals surface area contributed by atoms with Crippen molar-refractivity contribution in [2.24, 2.45) is 0 Å². The van der Waals surface area contributed by atoms with E-state index in [4.69, 9.17) is 5.26 Å². The molecule has 0 aromatic carbocycles. The number of hydrogen-bond donors (Lipinski definition) is 0. The van der Waals surface area contributed by atoms with Crippen LogP contribution in [-0.4, -0.2) is 0 Å². The molecule has 0 aromatic rings. The highest BCUT2D eigenvalue weighted by Gasteiger charge is 1.89. The normalized spacial score (nSPS) is 15.2. The molecule has 48 valence electrons. The summed E-state index contributed by atoms with van der Waals surface area (Å²) in [6.45, 7) is 1.92. The lowest BCUT2D eigenvalue weighted by Gasteiger charge is -1.83. The predicted octanol–water partition coefficient (Wildman–Crippen LogP) is 2.11. The molecule has 1 aliphatic carbocycles. The molecule has 0 N–H and O–H groups in total. The second-order valence-corrected chi connectivity index (χ2v) is 2.06. The van der Waals surface area contributed by atoms with Crippen molar-refractivity contribution in [3.63, 3.8) is 0 Å². The fourth-order valence-electron chi connectivity index (χ4n) is 0.724. The Hall–Kier alpha value is -1.51. The third-order valence-corrected chi connectivity index (χ3v) is 1.18. The molecule has 0 saturated heterocycles. The highest BCUT2D eigenvalue weighted by atomic mass is 14.2. The van der Waals surface area contributed by atoms with E-state index >= 15 is 0 Å². The van der Waals surface area contributed by atoms with Gasteiger partial charge in [-0.15, -0.1) is 5.73 Å². The second-order valence-electron chi connectivity index (χ2n) is 2.06. The molecule has 0 unspecified atom stereocenters. The Labute approximate surface area is 60.3 Å². The Morgan fingerprint density at radius 3 is 3.10 bits per heavy atom. The van der Waals surface area contributed by atoms with Gasteiger partial charge in [-0.25, -0.2) is 0 Å². The van der Waals surface area contributed by atoms with Crippen molar-refractivity contribution in [1.82, 2.24) is 0 Å². The van der Waals surface area contributed by atoms with Crippen LogP contribution in [0, 0.1) is 11.3 Å². The second kappa shape index (κ2) is 2.87. The summed E-state index contributed by atoms with van der Waals surface area (Å²) in [5.74, 6) is 0. The van der Waals surface area contributed by atoms with Gasteiger partial charge in [-0.05, 0) is 30.7 Å². The van der Waals surface area contributed by atoms with Gasteiger partial charge in [-0.1, -0.05) is 6.08 Å². The number of rotatable bonds is 0. The van der Waals surface area contributed by atoms with Crippen molar-refractivity contribution in [3.8, 4) is 6.07 Å². The van der Waals surface area contributed by atoms with Crippen LogP contribution in [0.2, 0.25) is 0 Å². The molecule has 0 bridgehead atoms. The molecule has 0 saturated carbocycles. The molecular weight excluding hydrogens is 122 g/mol. The number of allylic oxidation sites excluding steroid dienone is 5. The van der Waals surface area contributed by atoms with Crippen LogP contribution < -0.4 is 0 Å². The zero-order valence-corrected chi connectivity index (χ0v) is 5.76. The van der Waals surface area contributed by atoms with Gasteiger partial charge in [0.25, 0.3) is 0 Å². The Morgan fingerprint density at radius 1 is 1.60 bits per heavy atom. The maximum Gasteiger partial charge on any atom is 0.0991 e. The monoisotopic (exact) mass is 129 g/mol. The van der Waals surface area contributed by atoms with Crippen molar-refractivity contribution < 1.29 is 0 Å². The lowest BCUT2D eigenvalue weighted by Crippen LogP contribution is -1.70. The fraction of sp³-hybridized carbons (Fsp3) is 0.111. The first kappa shape index (κ1) is 6.61. The van der Waals surface area contributed by atoms with Crippen molar-refractivity contribution in [2.45, 2.75) is 6.92 Å². The molecule has 10 heavy (non-hydrogen) atoms. The molecule has 0 aromatic heterocycles. The van der Waals surface area contributed by atoms with Crippen LogP contribution in [0.1, 0.15) is 6.92 Å². The van der Waals surface area contributed by atoms with Gasteiger partial charge in [-0.2, -0.15) is 5.26 Å². The van der Waals surface area contributed by atoms with E-state index in [0.29, 0.717) is 5.57 Å². The topological polar surface area (TPSA) is 23.8 Å². The molecular formula is C9H7N. The van der Waals surface area contributed by atoms with E-state index in [1.54, 1.807) is 18.2 Å². The molecule has 0 atom stereocenters. The Kier molecular flexibility index (Phi) is 1.89. The molecule has 0 amide bonds. The van der Waals surface area contributed by atoms with Crippen molar-refractivity contribution in [1.29, 1.82) is 5.26 Å². The van der Waals surface area contributed by atoms with E-state index in [1.807, 2.05) is 13.0 Å². The Bertz CT molecular complexity index is 291. The summed E-state index contributed by atoms with van der Waals surface area (Å²) in [6.07, 6.45) is 7.19. The van der Waals surface area contributed by atoms with Crippen LogP contribution >= 0.6 is 0 Å². The van der Waals surface area contributed by atoms with Gasteiger partial charge in [-0.3, -0.25) is 0 Å². The summed E-state index contributed by atoms with van der Waals surface area (Å²) >= 11 is 0. The van der Waals surface area contributed by atoms with E-state index in [2.05, 4.69) is 11.8 Å². The summed E-state index contributed by atoms with van der Waals surface area (Å²) in [5.41, 5.74) is 4.65. The van der Waals surface area contributed by atoms with Crippen molar-refractivity contribution in [3.05, 3.63) is 41.2 Å². The van der Waals surface area contributed by atoms with E-state index < -0.39 is 0 Å². The van der Waals surface area contributed by atoms with Crippen LogP contribution in [0.25, 0.3) is 0 Å². The highest BCUT2D eigenvalue weighted by Crippen LogP contribution is 2.04. The maximum atomic E-state index is 8.51. The summed E-state index contributed by atoms with van der Waals surface area (Å²) in [6, 6.07) is 2.07. The maximum absolute atomic E-state index is 8.51. The van der Waals surface area contributed by atoms with Gasteiger partial charge in [0.15, 0.2) is 0 Å². The largest absolute Gasteiger partial charge is 0.192 e. The van der Waals surface area contributed by atoms with Gasteiger partial charge >= 0.3 is 0 Å². The Morgan fingerprint density at radius 2 is 2.40 bits per heavy atom. The summed E-state index contributed by atoms with van der Waals surface area (Å²) in [5, 5.41) is 8.51. The third-order valence-electron chi connectivity index (χ3n) is 1.18. The van der Waals surface area contributed by atoms with Crippen molar-refractivity contribution >= 4 is 0 Å². The van der Waals surface area contributed by atoms with Gasteiger partial charge in [0.05, 0.1) is 11.6 Å². The standard InChI is InChI=1S/C9H7N/c1-8-4-2-3-5-9(6-8)7-10/h2-3,5-6H,1H3. The SMILES string of the molecule is CC1=C=CC=CC(C#N)=C1. The average Bonchev–Trinajstić information content (AvgIpc) is 2.13. The summed E-state index contributed by atoms with van der Waals surface area (Å²) < 4.78 is 0. The number of nitrogens with zero attached hydrogens (tertiary/aromatic N) is 1. The van der Waals surface area contributed by atoms with Gasteiger partial charge in [0.1, 0.15) is 0 Å². The minimum absolute atomic E-state index is 0.679. The van der Waals surface area contributed by atoms with Gasteiger partial charge < -0.3 is 0 Å². The zero-order chi connectivity index (χ0) is 7.40. The molecule has 1 nitrogen and oxygen atoms in total. The average molecular weight is 129 g/mol. The van der Waals surface area contributed by atoms with E-state index in [1.165, 1.54) is 0 Å². The molecule has 0 radical (unpaired) electrons. The third kappa shape index (κ3) is 1.48. The zero-order valence-electron chi connectivity index (χ0n) is 5.76. The van der Waals surface area contributed by atoms with Gasteiger partial charge in [0.2, 0.25) is 0 Å². The van der Waals surface area contributed by atoms with Crippen LogP contribution in [0.15, 0.2) is 41.2 Å². The van der Waals surface area contributed by atoms with E-state index in [-0.39, 0.29) is 0 Å². The predicted molar refractivity (Wildman–Crippen MR) is 40.1 cm³/mol. The minimum Gasteiger partial charge on any atom is -0.192 e. The van der Waals surface area contributed by atoms with E-state index in [0.717, 1.165) is 5.57 Å². The molecule has 1 heteroatoms. The minimum atomic E-state index is 0.679. The summed E-state index contributed by atoms with van der Waals surface area (Å²) in [7, 11) is 0. The first-order valence-corrected chi connectivity index (χ1v) is 3.04. The van der Waals surface area contributed by atoms with Crippen LogP contribution in [0.3, 0.4) is 0 Å². The molecule has 1 aliphatic rings. The highest BCUT2D eigenvalue weighted by molar-refractivity contribution is 5.41. The van der Waals surface area contributed by atoms with Gasteiger partial charge in [0, 0.05) is 0 Å². The first-order chi connectivity index (χ1) is 4.83. The lowest BCUT2D eigenvalue weighted by atomic mass is 10.2. The number of hydrogen-bond acceptors (Lipinski definition) is 1. The molecule has 1 rings (SSSR count).